The van der Waals surface area contributed by atoms with Gasteiger partial charge in [-0.1, -0.05) is 17.7 Å². The Hall–Kier alpha value is -1.29. The lowest BCUT2D eigenvalue weighted by Gasteiger charge is -2.36. The summed E-state index contributed by atoms with van der Waals surface area (Å²) < 4.78 is 13.1. The lowest BCUT2D eigenvalue weighted by molar-refractivity contribution is 0.322. The fraction of sp³-hybridized carbons (Fsp3) is 0.500. The number of hydrogen-bond donors (Lipinski definition) is 2. The van der Waals surface area contributed by atoms with Crippen molar-refractivity contribution < 1.29 is 4.39 Å². The number of rotatable bonds is 2. The number of nitrogens with zero attached hydrogens (tertiary/aromatic N) is 1. The molecule has 1 unspecified atom stereocenters. The Kier molecular flexibility index (Phi) is 3.35. The Morgan fingerprint density at radius 2 is 2.21 bits per heavy atom. The summed E-state index contributed by atoms with van der Waals surface area (Å²) in [5, 5.41) is 6.91. The van der Waals surface area contributed by atoms with E-state index in [0.717, 1.165) is 30.9 Å². The molecule has 3 nitrogen and oxygen atoms in total. The Morgan fingerprint density at radius 3 is 2.84 bits per heavy atom. The van der Waals surface area contributed by atoms with Gasteiger partial charge in [0.1, 0.15) is 5.82 Å². The smallest absolute Gasteiger partial charge is 0.191 e. The monoisotopic (exact) mass is 281 g/mol. The highest BCUT2D eigenvalue weighted by Crippen LogP contribution is 2.38. The van der Waals surface area contributed by atoms with E-state index in [0.29, 0.717) is 18.0 Å². The zero-order chi connectivity index (χ0) is 13.4. The van der Waals surface area contributed by atoms with Crippen molar-refractivity contribution in [3.63, 3.8) is 0 Å². The molecule has 0 radical (unpaired) electrons. The molecule has 1 aliphatic carbocycles. The van der Waals surface area contributed by atoms with Crippen molar-refractivity contribution in [3.05, 3.63) is 34.6 Å². The Bertz CT molecular complexity index is 511. The van der Waals surface area contributed by atoms with Crippen molar-refractivity contribution >= 4 is 17.6 Å². The van der Waals surface area contributed by atoms with Gasteiger partial charge in [0.05, 0.1) is 11.6 Å². The van der Waals surface area contributed by atoms with Crippen LogP contribution in [0.15, 0.2) is 23.2 Å². The average Bonchev–Trinajstić information content (AvgIpc) is 2.73. The van der Waals surface area contributed by atoms with Gasteiger partial charge in [-0.25, -0.2) is 4.39 Å². The third-order valence-corrected chi connectivity index (χ3v) is 4.09. The lowest BCUT2D eigenvalue weighted by atomic mass is 9.76. The van der Waals surface area contributed by atoms with E-state index in [1.54, 1.807) is 6.07 Å². The molecule has 0 spiro atoms. The summed E-state index contributed by atoms with van der Waals surface area (Å²) in [4.78, 5) is 4.39. The molecule has 3 rings (SSSR count). The number of aliphatic imine (C=N–C) groups is 1. The molecule has 1 saturated carbocycles. The standard InChI is InChI=1S/C14H17ClFN3/c1-8-7-17-14(18-8)19-11-4-10(5-11)9-2-3-13(16)12(15)6-9/h2-3,6,8,10-11H,4-5,7H2,1H3,(H2,17,18,19). The molecule has 0 amide bonds. The molecule has 1 aromatic rings. The van der Waals surface area contributed by atoms with E-state index in [9.17, 15) is 4.39 Å². The van der Waals surface area contributed by atoms with Crippen LogP contribution in [0.25, 0.3) is 0 Å². The van der Waals surface area contributed by atoms with Crippen LogP contribution in [0.3, 0.4) is 0 Å². The van der Waals surface area contributed by atoms with Gasteiger partial charge in [-0.05, 0) is 43.4 Å². The van der Waals surface area contributed by atoms with Crippen LogP contribution in [0, 0.1) is 5.82 Å². The fourth-order valence-electron chi connectivity index (χ4n) is 2.61. The SMILES string of the molecule is CC1CN=C(NC2CC(c3ccc(F)c(Cl)c3)C2)N1. The van der Waals surface area contributed by atoms with Crippen LogP contribution in [0.1, 0.15) is 31.2 Å². The molecule has 1 aromatic carbocycles. The van der Waals surface area contributed by atoms with E-state index in [-0.39, 0.29) is 10.8 Å². The predicted molar refractivity (Wildman–Crippen MR) is 75.2 cm³/mol. The molecule has 1 aliphatic heterocycles. The molecular formula is C14H17ClFN3. The van der Waals surface area contributed by atoms with E-state index < -0.39 is 0 Å². The van der Waals surface area contributed by atoms with E-state index >= 15 is 0 Å². The lowest BCUT2D eigenvalue weighted by Crippen LogP contribution is -2.48. The first-order chi connectivity index (χ1) is 9.11. The van der Waals surface area contributed by atoms with Crippen molar-refractivity contribution in [2.75, 3.05) is 6.54 Å². The normalized spacial score (nSPS) is 29.4. The number of halogens is 2. The minimum Gasteiger partial charge on any atom is -0.354 e. The van der Waals surface area contributed by atoms with Gasteiger partial charge in [0, 0.05) is 12.1 Å². The topological polar surface area (TPSA) is 36.4 Å². The first-order valence-corrected chi connectivity index (χ1v) is 7.02. The molecular weight excluding hydrogens is 265 g/mol. The molecule has 1 atom stereocenters. The summed E-state index contributed by atoms with van der Waals surface area (Å²) >= 11 is 5.81. The van der Waals surface area contributed by atoms with Gasteiger partial charge in [0.25, 0.3) is 0 Å². The first kappa shape index (κ1) is 12.7. The van der Waals surface area contributed by atoms with E-state index in [1.807, 2.05) is 6.07 Å². The van der Waals surface area contributed by atoms with Gasteiger partial charge >= 0.3 is 0 Å². The molecule has 0 aromatic heterocycles. The van der Waals surface area contributed by atoms with Gasteiger partial charge < -0.3 is 10.6 Å². The molecule has 2 N–H and O–H groups in total. The van der Waals surface area contributed by atoms with Crippen LogP contribution in [0.5, 0.6) is 0 Å². The first-order valence-electron chi connectivity index (χ1n) is 6.64. The third kappa shape index (κ3) is 2.68. The second-order valence-corrected chi connectivity index (χ2v) is 5.83. The number of benzene rings is 1. The van der Waals surface area contributed by atoms with Crippen molar-refractivity contribution in [3.8, 4) is 0 Å². The Labute approximate surface area is 117 Å². The Morgan fingerprint density at radius 1 is 1.42 bits per heavy atom. The van der Waals surface area contributed by atoms with E-state index in [4.69, 9.17) is 11.6 Å². The second kappa shape index (κ2) is 5.00. The summed E-state index contributed by atoms with van der Waals surface area (Å²) in [5.41, 5.74) is 1.12. The number of hydrogen-bond acceptors (Lipinski definition) is 3. The molecule has 0 saturated heterocycles. The minimum absolute atomic E-state index is 0.213. The minimum atomic E-state index is -0.349. The van der Waals surface area contributed by atoms with Gasteiger partial charge in [-0.3, -0.25) is 4.99 Å². The third-order valence-electron chi connectivity index (χ3n) is 3.80. The van der Waals surface area contributed by atoms with E-state index in [2.05, 4.69) is 22.5 Å². The van der Waals surface area contributed by atoms with Crippen molar-refractivity contribution in [2.45, 2.75) is 37.8 Å². The molecule has 0 bridgehead atoms. The summed E-state index contributed by atoms with van der Waals surface area (Å²) in [7, 11) is 0. The van der Waals surface area contributed by atoms with Gasteiger partial charge in [0.15, 0.2) is 5.96 Å². The van der Waals surface area contributed by atoms with Crippen LogP contribution in [0.4, 0.5) is 4.39 Å². The van der Waals surface area contributed by atoms with Gasteiger partial charge in [0.2, 0.25) is 0 Å². The molecule has 19 heavy (non-hydrogen) atoms. The molecule has 1 fully saturated rings. The quantitative estimate of drug-likeness (QED) is 0.874. The highest BCUT2D eigenvalue weighted by molar-refractivity contribution is 6.30. The zero-order valence-corrected chi connectivity index (χ0v) is 11.5. The molecule has 1 heterocycles. The van der Waals surface area contributed by atoms with Crippen molar-refractivity contribution in [1.82, 2.24) is 10.6 Å². The van der Waals surface area contributed by atoms with E-state index in [1.165, 1.54) is 6.07 Å². The second-order valence-electron chi connectivity index (χ2n) is 5.42. The molecule has 5 heteroatoms. The predicted octanol–water partition coefficient (Wildman–Crippen LogP) is 2.66. The van der Waals surface area contributed by atoms with Crippen LogP contribution in [0.2, 0.25) is 5.02 Å². The van der Waals surface area contributed by atoms with Crippen LogP contribution < -0.4 is 10.6 Å². The largest absolute Gasteiger partial charge is 0.354 e. The maximum absolute atomic E-state index is 13.1. The fourth-order valence-corrected chi connectivity index (χ4v) is 2.80. The van der Waals surface area contributed by atoms with Crippen molar-refractivity contribution in [1.29, 1.82) is 0 Å². The van der Waals surface area contributed by atoms with Crippen LogP contribution in [-0.2, 0) is 0 Å². The Balaban J connectivity index is 1.53. The number of nitrogens with one attached hydrogen (secondary N) is 2. The zero-order valence-electron chi connectivity index (χ0n) is 10.8. The summed E-state index contributed by atoms with van der Waals surface area (Å²) in [6.07, 6.45) is 2.08. The van der Waals surface area contributed by atoms with Crippen molar-refractivity contribution in [2.24, 2.45) is 4.99 Å². The highest BCUT2D eigenvalue weighted by Gasteiger charge is 2.32. The molecule has 102 valence electrons. The van der Waals surface area contributed by atoms with Crippen LogP contribution >= 0.6 is 11.6 Å². The highest BCUT2D eigenvalue weighted by atomic mass is 35.5. The average molecular weight is 282 g/mol. The summed E-state index contributed by atoms with van der Waals surface area (Å²) in [6, 6.07) is 5.89. The van der Waals surface area contributed by atoms with Gasteiger partial charge in [-0.2, -0.15) is 0 Å². The summed E-state index contributed by atoms with van der Waals surface area (Å²) in [5.74, 6) is 1.03. The van der Waals surface area contributed by atoms with Gasteiger partial charge in [-0.15, -0.1) is 0 Å². The van der Waals surface area contributed by atoms with Crippen LogP contribution in [-0.4, -0.2) is 24.6 Å². The molecule has 2 aliphatic rings. The maximum Gasteiger partial charge on any atom is 0.191 e. The maximum atomic E-state index is 13.1. The summed E-state index contributed by atoms with van der Waals surface area (Å²) in [6.45, 7) is 2.95. The number of guanidine groups is 1.